The molecule has 1 aliphatic rings. The number of piperazine rings is 1. The van der Waals surface area contributed by atoms with Gasteiger partial charge in [0, 0.05) is 25.2 Å². The Morgan fingerprint density at radius 2 is 1.78 bits per heavy atom. The molecule has 1 amide bonds. The second-order valence-corrected chi connectivity index (χ2v) is 8.15. The summed E-state index contributed by atoms with van der Waals surface area (Å²) >= 11 is 0. The van der Waals surface area contributed by atoms with Crippen LogP contribution in [0.15, 0.2) is 24.3 Å². The molecule has 1 aliphatic heterocycles. The fraction of sp³-hybridized carbons (Fsp3) is 0.600. The second kappa shape index (κ2) is 8.35. The summed E-state index contributed by atoms with van der Waals surface area (Å²) in [6.45, 7) is 10.2. The molecule has 0 aromatic heterocycles. The average molecular weight is 379 g/mol. The minimum Gasteiger partial charge on any atom is -0.444 e. The van der Waals surface area contributed by atoms with Crippen molar-refractivity contribution in [3.63, 3.8) is 0 Å². The summed E-state index contributed by atoms with van der Waals surface area (Å²) < 4.78 is 18.8. The number of halogens is 1. The van der Waals surface area contributed by atoms with Gasteiger partial charge in [0.25, 0.3) is 0 Å². The Balaban J connectivity index is 2.23. The van der Waals surface area contributed by atoms with Crippen molar-refractivity contribution in [2.24, 2.45) is 5.73 Å². The van der Waals surface area contributed by atoms with Gasteiger partial charge in [0.1, 0.15) is 11.4 Å². The lowest BCUT2D eigenvalue weighted by Gasteiger charge is -2.46. The highest BCUT2D eigenvalue weighted by Crippen LogP contribution is 2.29. The highest BCUT2D eigenvalue weighted by Gasteiger charge is 2.39. The Labute approximate surface area is 160 Å². The monoisotopic (exact) mass is 379 g/mol. The Morgan fingerprint density at radius 3 is 2.30 bits per heavy atom. The van der Waals surface area contributed by atoms with Gasteiger partial charge in [-0.15, -0.1) is 0 Å². The number of Topliss-reactive ketones (excluding diaryl/α,β-unsaturated/α-hetero) is 1. The topological polar surface area (TPSA) is 75.9 Å². The quantitative estimate of drug-likeness (QED) is 0.871. The first-order valence-electron chi connectivity index (χ1n) is 9.27. The summed E-state index contributed by atoms with van der Waals surface area (Å²) in [5.74, 6) is -0.486. The summed E-state index contributed by atoms with van der Waals surface area (Å²) in [5.41, 5.74) is 5.78. The minimum absolute atomic E-state index is 0.0840. The van der Waals surface area contributed by atoms with Crippen LogP contribution < -0.4 is 5.73 Å². The van der Waals surface area contributed by atoms with E-state index in [1.807, 2.05) is 39.5 Å². The summed E-state index contributed by atoms with van der Waals surface area (Å²) in [7, 11) is 0. The first kappa shape index (κ1) is 21.3. The van der Waals surface area contributed by atoms with Crippen molar-refractivity contribution < 1.29 is 18.7 Å². The van der Waals surface area contributed by atoms with E-state index in [-0.39, 0.29) is 36.3 Å². The summed E-state index contributed by atoms with van der Waals surface area (Å²) in [5, 5.41) is 0. The smallest absolute Gasteiger partial charge is 0.410 e. The van der Waals surface area contributed by atoms with Gasteiger partial charge in [-0.2, -0.15) is 0 Å². The first-order valence-corrected chi connectivity index (χ1v) is 9.27. The largest absolute Gasteiger partial charge is 0.444 e. The van der Waals surface area contributed by atoms with E-state index < -0.39 is 11.6 Å². The molecule has 1 aromatic rings. The van der Waals surface area contributed by atoms with Crippen molar-refractivity contribution in [1.29, 1.82) is 0 Å². The molecule has 1 unspecified atom stereocenters. The standard InChI is InChI=1S/C20H30FN3O3/c1-13-12-24(19(26)27-20(3,4)5)14(2)11-23(13)18(17(25)10-22)15-6-8-16(21)9-7-15/h6-9,13-14,18H,10-12,22H2,1-5H3/t13-,14+,18?/m1/s1. The molecule has 1 saturated heterocycles. The number of nitrogens with two attached hydrogens (primary N) is 1. The molecule has 3 atom stereocenters. The van der Waals surface area contributed by atoms with Gasteiger partial charge >= 0.3 is 6.09 Å². The second-order valence-electron chi connectivity index (χ2n) is 8.15. The Morgan fingerprint density at radius 1 is 1.19 bits per heavy atom. The van der Waals surface area contributed by atoms with Crippen molar-refractivity contribution in [2.75, 3.05) is 19.6 Å². The van der Waals surface area contributed by atoms with Gasteiger partial charge in [0.15, 0.2) is 5.78 Å². The van der Waals surface area contributed by atoms with Crippen LogP contribution in [0.1, 0.15) is 46.2 Å². The molecular formula is C20H30FN3O3. The third kappa shape index (κ3) is 5.26. The maximum absolute atomic E-state index is 13.3. The molecule has 1 fully saturated rings. The Kier molecular flexibility index (Phi) is 6.59. The number of nitrogens with zero attached hydrogens (tertiary/aromatic N) is 2. The SMILES string of the molecule is C[C@@H]1CN(C(=O)OC(C)(C)C)[C@@H](C)CN1C(C(=O)CN)c1ccc(F)cc1. The van der Waals surface area contributed by atoms with Gasteiger partial charge in [-0.05, 0) is 52.3 Å². The van der Waals surface area contributed by atoms with E-state index >= 15 is 0 Å². The van der Waals surface area contributed by atoms with Crippen LogP contribution in [0.25, 0.3) is 0 Å². The highest BCUT2D eigenvalue weighted by atomic mass is 19.1. The van der Waals surface area contributed by atoms with Gasteiger partial charge in [-0.3, -0.25) is 9.69 Å². The lowest BCUT2D eigenvalue weighted by Crippen LogP contribution is -2.60. The number of ether oxygens (including phenoxy) is 1. The molecule has 6 nitrogen and oxygen atoms in total. The Bertz CT molecular complexity index is 672. The fourth-order valence-corrected chi connectivity index (χ4v) is 3.41. The number of benzene rings is 1. The zero-order valence-corrected chi connectivity index (χ0v) is 16.7. The predicted molar refractivity (Wildman–Crippen MR) is 102 cm³/mol. The van der Waals surface area contributed by atoms with Crippen molar-refractivity contribution in [1.82, 2.24) is 9.80 Å². The third-order valence-corrected chi connectivity index (χ3v) is 4.69. The molecule has 1 aromatic carbocycles. The van der Waals surface area contributed by atoms with Crippen LogP contribution in [-0.2, 0) is 9.53 Å². The molecule has 1 heterocycles. The van der Waals surface area contributed by atoms with Crippen molar-refractivity contribution in [2.45, 2.75) is 58.3 Å². The minimum atomic E-state index is -0.566. The lowest BCUT2D eigenvalue weighted by atomic mass is 9.96. The zero-order valence-electron chi connectivity index (χ0n) is 16.7. The molecule has 0 aliphatic carbocycles. The number of hydrogen-bond donors (Lipinski definition) is 1. The summed E-state index contributed by atoms with van der Waals surface area (Å²) in [4.78, 5) is 28.8. The molecule has 0 saturated carbocycles. The summed E-state index contributed by atoms with van der Waals surface area (Å²) in [6.07, 6.45) is -0.356. The molecule has 2 rings (SSSR count). The van der Waals surface area contributed by atoms with Crippen LogP contribution in [-0.4, -0.2) is 59.0 Å². The molecule has 27 heavy (non-hydrogen) atoms. The fourth-order valence-electron chi connectivity index (χ4n) is 3.41. The van der Waals surface area contributed by atoms with E-state index in [4.69, 9.17) is 10.5 Å². The first-order chi connectivity index (χ1) is 12.5. The predicted octanol–water partition coefficient (Wildman–Crippen LogP) is 2.72. The van der Waals surface area contributed by atoms with Crippen LogP contribution in [0.2, 0.25) is 0 Å². The summed E-state index contributed by atoms with van der Waals surface area (Å²) in [6, 6.07) is 5.14. The van der Waals surface area contributed by atoms with Crippen LogP contribution >= 0.6 is 0 Å². The maximum Gasteiger partial charge on any atom is 0.410 e. The van der Waals surface area contributed by atoms with E-state index in [0.717, 1.165) is 0 Å². The van der Waals surface area contributed by atoms with E-state index in [2.05, 4.69) is 0 Å². The number of carbonyl (C=O) groups excluding carboxylic acids is 2. The lowest BCUT2D eigenvalue weighted by molar-refractivity contribution is -0.125. The third-order valence-electron chi connectivity index (χ3n) is 4.69. The van der Waals surface area contributed by atoms with Gasteiger partial charge in [0.05, 0.1) is 12.6 Å². The molecule has 150 valence electrons. The maximum atomic E-state index is 13.3. The molecule has 0 spiro atoms. The van der Waals surface area contributed by atoms with Gasteiger partial charge in [0.2, 0.25) is 0 Å². The van der Waals surface area contributed by atoms with Crippen LogP contribution in [0, 0.1) is 5.82 Å². The highest BCUT2D eigenvalue weighted by molar-refractivity contribution is 5.87. The van der Waals surface area contributed by atoms with E-state index in [9.17, 15) is 14.0 Å². The van der Waals surface area contributed by atoms with Gasteiger partial charge in [-0.1, -0.05) is 12.1 Å². The van der Waals surface area contributed by atoms with Gasteiger partial charge in [-0.25, -0.2) is 9.18 Å². The van der Waals surface area contributed by atoms with Crippen molar-refractivity contribution in [3.8, 4) is 0 Å². The number of hydrogen-bond acceptors (Lipinski definition) is 5. The number of ketones is 1. The van der Waals surface area contributed by atoms with Crippen molar-refractivity contribution in [3.05, 3.63) is 35.6 Å². The van der Waals surface area contributed by atoms with Gasteiger partial charge < -0.3 is 15.4 Å². The molecular weight excluding hydrogens is 349 g/mol. The zero-order chi connectivity index (χ0) is 20.4. The number of amides is 1. The van der Waals surface area contributed by atoms with E-state index in [0.29, 0.717) is 18.7 Å². The molecule has 7 heteroatoms. The van der Waals surface area contributed by atoms with E-state index in [1.165, 1.54) is 12.1 Å². The Hall–Kier alpha value is -1.99. The van der Waals surface area contributed by atoms with E-state index in [1.54, 1.807) is 17.0 Å². The molecule has 2 N–H and O–H groups in total. The number of carbonyl (C=O) groups is 2. The molecule has 0 radical (unpaired) electrons. The van der Waals surface area contributed by atoms with Crippen LogP contribution in [0.4, 0.5) is 9.18 Å². The number of rotatable bonds is 4. The van der Waals surface area contributed by atoms with Crippen molar-refractivity contribution >= 4 is 11.9 Å². The average Bonchev–Trinajstić information content (AvgIpc) is 2.57. The normalized spacial score (nSPS) is 22.4. The van der Waals surface area contributed by atoms with Crippen LogP contribution in [0.3, 0.4) is 0 Å². The van der Waals surface area contributed by atoms with Crippen LogP contribution in [0.5, 0.6) is 0 Å². The molecule has 0 bridgehead atoms.